The van der Waals surface area contributed by atoms with Gasteiger partial charge >= 0.3 is 18.3 Å². The van der Waals surface area contributed by atoms with Gasteiger partial charge in [-0.2, -0.15) is 26.3 Å². The molecule has 2 unspecified atom stereocenters. The highest BCUT2D eigenvalue weighted by molar-refractivity contribution is 5.66. The average Bonchev–Trinajstić information content (AvgIpc) is 2.34. The molecule has 0 spiro atoms. The van der Waals surface area contributed by atoms with Crippen LogP contribution in [-0.2, 0) is 4.79 Å². The highest BCUT2D eigenvalue weighted by Crippen LogP contribution is 2.47. The second kappa shape index (κ2) is 7.06. The molecule has 0 radical (unpaired) electrons. The van der Waals surface area contributed by atoms with E-state index in [1.54, 1.807) is 0 Å². The Bertz CT molecular complexity index is 360. The lowest BCUT2D eigenvalue weighted by atomic mass is 9.74. The quantitative estimate of drug-likeness (QED) is 0.781. The number of hydrogen-bond donors (Lipinski definition) is 1. The van der Waals surface area contributed by atoms with Gasteiger partial charge in [0.25, 0.3) is 0 Å². The Labute approximate surface area is 124 Å². The normalized spacial score (nSPS) is 27.2. The van der Waals surface area contributed by atoms with Gasteiger partial charge in [-0.25, -0.2) is 0 Å². The zero-order valence-corrected chi connectivity index (χ0v) is 12.0. The number of rotatable bonds is 5. The second-order valence-electron chi connectivity index (χ2n) is 5.96. The van der Waals surface area contributed by atoms with Crippen molar-refractivity contribution < 1.29 is 36.2 Å². The summed E-state index contributed by atoms with van der Waals surface area (Å²) in [4.78, 5) is 11.9. The van der Waals surface area contributed by atoms with Crippen LogP contribution in [0.1, 0.15) is 25.7 Å². The van der Waals surface area contributed by atoms with Crippen LogP contribution in [0.3, 0.4) is 0 Å². The van der Waals surface area contributed by atoms with Crippen LogP contribution in [0.4, 0.5) is 26.3 Å². The van der Waals surface area contributed by atoms with Gasteiger partial charge in [-0.1, -0.05) is 0 Å². The highest BCUT2D eigenvalue weighted by Gasteiger charge is 2.51. The third kappa shape index (κ3) is 6.02. The summed E-state index contributed by atoms with van der Waals surface area (Å²) in [6, 6.07) is 0. The number of carboxylic acid groups (broad SMARTS) is 1. The predicted molar refractivity (Wildman–Crippen MR) is 66.2 cm³/mol. The molecule has 0 amide bonds. The summed E-state index contributed by atoms with van der Waals surface area (Å²) in [5.41, 5.74) is 0. The third-order valence-electron chi connectivity index (χ3n) is 4.01. The van der Waals surface area contributed by atoms with Gasteiger partial charge in [0, 0.05) is 13.1 Å². The molecule has 0 aromatic rings. The predicted octanol–water partition coefficient (Wildman–Crippen LogP) is 3.55. The van der Waals surface area contributed by atoms with Crippen LogP contribution in [0.5, 0.6) is 0 Å². The maximum atomic E-state index is 12.8. The number of carbonyl (C=O) groups is 1. The van der Waals surface area contributed by atoms with E-state index in [-0.39, 0.29) is 32.4 Å². The van der Waals surface area contributed by atoms with E-state index in [4.69, 9.17) is 5.11 Å². The molecule has 2 atom stereocenters. The summed E-state index contributed by atoms with van der Waals surface area (Å²) < 4.78 is 76.9. The van der Waals surface area contributed by atoms with Crippen molar-refractivity contribution >= 4 is 5.97 Å². The van der Waals surface area contributed by atoms with Crippen LogP contribution in [-0.4, -0.2) is 48.5 Å². The van der Waals surface area contributed by atoms with Crippen LogP contribution in [0.2, 0.25) is 0 Å². The minimum atomic E-state index is -4.64. The monoisotopic (exact) mass is 335 g/mol. The largest absolute Gasteiger partial charge is 0.481 e. The van der Waals surface area contributed by atoms with Gasteiger partial charge in [-0.05, 0) is 32.2 Å². The van der Waals surface area contributed by atoms with E-state index in [2.05, 4.69) is 0 Å². The zero-order chi connectivity index (χ0) is 17.1. The van der Waals surface area contributed by atoms with Gasteiger partial charge < -0.3 is 10.0 Å². The van der Waals surface area contributed by atoms with E-state index >= 15 is 0 Å². The summed E-state index contributed by atoms with van der Waals surface area (Å²) in [6.45, 7) is 0.131. The molecule has 1 fully saturated rings. The summed E-state index contributed by atoms with van der Waals surface area (Å²) in [6.07, 6.45) is -11.1. The second-order valence-corrected chi connectivity index (χ2v) is 5.96. The van der Waals surface area contributed by atoms with E-state index in [9.17, 15) is 31.1 Å². The molecule has 0 aliphatic heterocycles. The summed E-state index contributed by atoms with van der Waals surface area (Å²) >= 11 is 0. The topological polar surface area (TPSA) is 40.5 Å². The standard InChI is InChI=1S/C13H19F6NO2/c1-20(3-2-11(21)22)7-8-4-9(12(14,15)16)6-10(5-8)13(17,18)19/h8-10H,2-7H2,1H3,(H,21,22). The molecule has 0 heterocycles. The van der Waals surface area contributed by atoms with E-state index in [0.717, 1.165) is 0 Å². The van der Waals surface area contributed by atoms with Crippen LogP contribution in [0.25, 0.3) is 0 Å². The van der Waals surface area contributed by atoms with Gasteiger partial charge in [0.15, 0.2) is 0 Å². The summed E-state index contributed by atoms with van der Waals surface area (Å²) in [7, 11) is 1.50. The molecule has 0 aromatic heterocycles. The Balaban J connectivity index is 2.70. The van der Waals surface area contributed by atoms with Crippen molar-refractivity contribution in [1.82, 2.24) is 4.90 Å². The van der Waals surface area contributed by atoms with E-state index in [0.29, 0.717) is 0 Å². The smallest absolute Gasteiger partial charge is 0.391 e. The fourth-order valence-electron chi connectivity index (χ4n) is 2.94. The van der Waals surface area contributed by atoms with Crippen molar-refractivity contribution in [1.29, 1.82) is 0 Å². The van der Waals surface area contributed by atoms with Crippen molar-refractivity contribution in [2.75, 3.05) is 20.1 Å². The third-order valence-corrected chi connectivity index (χ3v) is 4.01. The highest BCUT2D eigenvalue weighted by atomic mass is 19.4. The number of nitrogens with zero attached hydrogens (tertiary/aromatic N) is 1. The van der Waals surface area contributed by atoms with Gasteiger partial charge in [-0.3, -0.25) is 4.79 Å². The molecule has 0 bridgehead atoms. The van der Waals surface area contributed by atoms with Crippen molar-refractivity contribution in [3.8, 4) is 0 Å². The Morgan fingerprint density at radius 2 is 1.50 bits per heavy atom. The molecule has 1 aliphatic rings. The molecule has 0 aromatic carbocycles. The first-order valence-electron chi connectivity index (χ1n) is 6.93. The van der Waals surface area contributed by atoms with Crippen LogP contribution >= 0.6 is 0 Å². The minimum Gasteiger partial charge on any atom is -0.481 e. The van der Waals surface area contributed by atoms with E-state index in [1.807, 2.05) is 0 Å². The molecule has 1 aliphatic carbocycles. The maximum Gasteiger partial charge on any atom is 0.391 e. The molecule has 22 heavy (non-hydrogen) atoms. The van der Waals surface area contributed by atoms with Gasteiger partial charge in [0.2, 0.25) is 0 Å². The molecule has 130 valence electrons. The maximum absolute atomic E-state index is 12.8. The molecule has 1 rings (SSSR count). The van der Waals surface area contributed by atoms with Gasteiger partial charge in [0.1, 0.15) is 0 Å². The lowest BCUT2D eigenvalue weighted by Crippen LogP contribution is -2.41. The average molecular weight is 335 g/mol. The first-order valence-corrected chi connectivity index (χ1v) is 6.93. The van der Waals surface area contributed by atoms with Gasteiger partial charge in [0.05, 0.1) is 18.3 Å². The zero-order valence-electron chi connectivity index (χ0n) is 12.0. The van der Waals surface area contributed by atoms with E-state index < -0.39 is 42.5 Å². The number of aliphatic carboxylic acids is 1. The van der Waals surface area contributed by atoms with Crippen LogP contribution < -0.4 is 0 Å². The molecule has 3 nitrogen and oxygen atoms in total. The molecule has 0 saturated heterocycles. The number of halogens is 6. The first kappa shape index (κ1) is 19.1. The molecule has 1 N–H and O–H groups in total. The number of carboxylic acids is 1. The Morgan fingerprint density at radius 1 is 1.05 bits per heavy atom. The molecular formula is C13H19F6NO2. The Morgan fingerprint density at radius 3 is 1.86 bits per heavy atom. The summed E-state index contributed by atoms with van der Waals surface area (Å²) in [5.74, 6) is -5.71. The molecular weight excluding hydrogens is 316 g/mol. The Hall–Kier alpha value is -0.990. The number of alkyl halides is 6. The number of hydrogen-bond acceptors (Lipinski definition) is 2. The van der Waals surface area contributed by atoms with Crippen LogP contribution in [0.15, 0.2) is 0 Å². The van der Waals surface area contributed by atoms with Crippen molar-refractivity contribution in [2.24, 2.45) is 17.8 Å². The van der Waals surface area contributed by atoms with Crippen molar-refractivity contribution in [3.63, 3.8) is 0 Å². The Kier molecular flexibility index (Phi) is 6.11. The fraction of sp³-hybridized carbons (Fsp3) is 0.923. The first-order chi connectivity index (χ1) is 9.89. The minimum absolute atomic E-state index is 0.0342. The molecule has 1 saturated carbocycles. The van der Waals surface area contributed by atoms with Gasteiger partial charge in [-0.15, -0.1) is 0 Å². The lowest BCUT2D eigenvalue weighted by molar-refractivity contribution is -0.229. The van der Waals surface area contributed by atoms with E-state index in [1.165, 1.54) is 11.9 Å². The van der Waals surface area contributed by atoms with Crippen molar-refractivity contribution in [3.05, 3.63) is 0 Å². The summed E-state index contributed by atoms with van der Waals surface area (Å²) in [5, 5.41) is 8.54. The molecule has 9 heteroatoms. The fourth-order valence-corrected chi connectivity index (χ4v) is 2.94. The lowest BCUT2D eigenvalue weighted by Gasteiger charge is -2.38. The van der Waals surface area contributed by atoms with Crippen molar-refractivity contribution in [2.45, 2.75) is 38.0 Å². The van der Waals surface area contributed by atoms with Crippen LogP contribution in [0, 0.1) is 17.8 Å². The SMILES string of the molecule is CN(CCC(=O)O)CC1CC(C(F)(F)F)CC(C(F)(F)F)C1.